The first-order valence-electron chi connectivity index (χ1n) is 8.46. The molecule has 0 aliphatic carbocycles. The summed E-state index contributed by atoms with van der Waals surface area (Å²) in [6, 6.07) is 26.4. The quantitative estimate of drug-likeness (QED) is 0.456. The van der Waals surface area contributed by atoms with Crippen LogP contribution in [0.4, 0.5) is 5.69 Å². The number of fused-ring (bicyclic) bond motifs is 3. The van der Waals surface area contributed by atoms with Crippen LogP contribution in [0.1, 0.15) is 5.56 Å². The summed E-state index contributed by atoms with van der Waals surface area (Å²) >= 11 is 0.415. The third-order valence-corrected chi connectivity index (χ3v) is 7.19. The van der Waals surface area contributed by atoms with Crippen LogP contribution in [0.2, 0.25) is 0 Å². The molecule has 0 unspecified atom stereocenters. The Morgan fingerprint density at radius 1 is 0.800 bits per heavy atom. The van der Waals surface area contributed by atoms with Crippen LogP contribution >= 0.6 is 0 Å². The summed E-state index contributed by atoms with van der Waals surface area (Å²) in [6.45, 7) is 0.891. The Bertz CT molecular complexity index is 1090. The monoisotopic (exact) mass is 390 g/mol. The first-order chi connectivity index (χ1) is 12.3. The molecule has 5 rings (SSSR count). The van der Waals surface area contributed by atoms with Gasteiger partial charge in [0.2, 0.25) is 0 Å². The molecule has 2 heterocycles. The second kappa shape index (κ2) is 5.80. The number of rotatable bonds is 2. The van der Waals surface area contributed by atoms with Gasteiger partial charge in [-0.2, -0.15) is 0 Å². The molecule has 0 spiro atoms. The van der Waals surface area contributed by atoms with Gasteiger partial charge in [0.05, 0.1) is 0 Å². The molecule has 1 aromatic heterocycles. The minimum atomic E-state index is 0.415. The van der Waals surface area contributed by atoms with Gasteiger partial charge < -0.3 is 0 Å². The number of benzene rings is 3. The maximum absolute atomic E-state index is 2.40. The van der Waals surface area contributed by atoms with Gasteiger partial charge in [0, 0.05) is 0 Å². The average molecular weight is 389 g/mol. The van der Waals surface area contributed by atoms with Crippen molar-refractivity contribution in [1.29, 1.82) is 0 Å². The van der Waals surface area contributed by atoms with E-state index in [-0.39, 0.29) is 0 Å². The Kier molecular flexibility index (Phi) is 3.44. The van der Waals surface area contributed by atoms with Crippen molar-refractivity contribution >= 4 is 45.2 Å². The Labute approximate surface area is 153 Å². The molecular weight excluding hydrogens is 371 g/mol. The Morgan fingerprint density at radius 2 is 1.56 bits per heavy atom. The van der Waals surface area contributed by atoms with Crippen molar-refractivity contribution in [3.05, 3.63) is 84.6 Å². The van der Waals surface area contributed by atoms with Crippen LogP contribution in [0.3, 0.4) is 0 Å². The molecule has 0 N–H and O–H groups in total. The van der Waals surface area contributed by atoms with Gasteiger partial charge in [-0.3, -0.25) is 0 Å². The zero-order valence-electron chi connectivity index (χ0n) is 14.0. The summed E-state index contributed by atoms with van der Waals surface area (Å²) in [5.74, 6) is 0. The molecule has 3 aromatic carbocycles. The Balaban J connectivity index is 1.59. The van der Waals surface area contributed by atoms with E-state index in [9.17, 15) is 0 Å². The van der Waals surface area contributed by atoms with E-state index in [4.69, 9.17) is 0 Å². The number of nitrogens with zero attached hydrogens (tertiary/aromatic N) is 2. The third-order valence-electron chi connectivity index (χ3n) is 4.82. The predicted molar refractivity (Wildman–Crippen MR) is 108 cm³/mol. The second-order valence-electron chi connectivity index (χ2n) is 6.47. The summed E-state index contributed by atoms with van der Waals surface area (Å²) < 4.78 is 3.00. The van der Waals surface area contributed by atoms with Gasteiger partial charge in [-0.15, -0.1) is 0 Å². The van der Waals surface area contributed by atoms with E-state index in [1.54, 1.807) is 0 Å². The van der Waals surface area contributed by atoms with E-state index in [2.05, 4.69) is 95.8 Å². The van der Waals surface area contributed by atoms with Gasteiger partial charge in [0.25, 0.3) is 0 Å². The van der Waals surface area contributed by atoms with Gasteiger partial charge in [-0.05, 0) is 0 Å². The van der Waals surface area contributed by atoms with E-state index in [0.717, 1.165) is 6.67 Å². The SMILES string of the molecule is CN1CN(c2ccccc2)C=C1c1ccc2c(c1)[se]c1ccccc12. The molecule has 2 nitrogen and oxygen atoms in total. The van der Waals surface area contributed by atoms with Gasteiger partial charge in [-0.25, -0.2) is 0 Å². The van der Waals surface area contributed by atoms with Crippen molar-refractivity contribution in [2.24, 2.45) is 0 Å². The molecule has 0 radical (unpaired) electrons. The van der Waals surface area contributed by atoms with Crippen LogP contribution in [0.15, 0.2) is 79.0 Å². The third kappa shape index (κ3) is 2.48. The van der Waals surface area contributed by atoms with Gasteiger partial charge in [0.15, 0.2) is 0 Å². The minimum absolute atomic E-state index is 0.415. The molecule has 0 saturated carbocycles. The van der Waals surface area contributed by atoms with Crippen LogP contribution < -0.4 is 4.90 Å². The van der Waals surface area contributed by atoms with Crippen molar-refractivity contribution in [3.8, 4) is 0 Å². The standard InChI is InChI=1S/C22H18N2Se/c1-23-15-24(17-7-3-2-4-8-17)14-20(23)16-11-12-19-18-9-5-6-10-21(18)25-22(19)13-16/h2-14H,15H2,1H3. The van der Waals surface area contributed by atoms with Crippen LogP contribution in [0, 0.1) is 0 Å². The number of anilines is 1. The molecule has 122 valence electrons. The fraction of sp³-hybridized carbons (Fsp3) is 0.0909. The van der Waals surface area contributed by atoms with Gasteiger partial charge >= 0.3 is 153 Å². The summed E-state index contributed by atoms with van der Waals surface area (Å²) in [4.78, 5) is 4.63. The molecule has 1 aliphatic rings. The molecule has 1 aliphatic heterocycles. The fourth-order valence-corrected chi connectivity index (χ4v) is 5.95. The van der Waals surface area contributed by atoms with E-state index < -0.39 is 0 Å². The molecule has 0 fully saturated rings. The Morgan fingerprint density at radius 3 is 2.44 bits per heavy atom. The molecule has 0 atom stereocenters. The zero-order chi connectivity index (χ0) is 16.8. The van der Waals surface area contributed by atoms with Crippen molar-refractivity contribution in [3.63, 3.8) is 0 Å². The van der Waals surface area contributed by atoms with Crippen molar-refractivity contribution in [2.45, 2.75) is 0 Å². The number of para-hydroxylation sites is 1. The van der Waals surface area contributed by atoms with Gasteiger partial charge in [0.1, 0.15) is 0 Å². The van der Waals surface area contributed by atoms with E-state index in [0.29, 0.717) is 14.5 Å². The van der Waals surface area contributed by atoms with Gasteiger partial charge in [-0.1, -0.05) is 0 Å². The number of hydrogen-bond acceptors (Lipinski definition) is 2. The molecule has 0 saturated heterocycles. The van der Waals surface area contributed by atoms with E-state index in [1.807, 2.05) is 0 Å². The molecule has 3 heteroatoms. The normalized spacial score (nSPS) is 14.5. The van der Waals surface area contributed by atoms with Crippen LogP contribution in [0.5, 0.6) is 0 Å². The molecule has 0 bridgehead atoms. The average Bonchev–Trinajstić information content (AvgIpc) is 3.22. The fourth-order valence-electron chi connectivity index (χ4n) is 3.55. The van der Waals surface area contributed by atoms with E-state index >= 15 is 0 Å². The molecule has 0 amide bonds. The summed E-state index contributed by atoms with van der Waals surface area (Å²) in [5.41, 5.74) is 3.84. The summed E-state index contributed by atoms with van der Waals surface area (Å²) in [6.07, 6.45) is 2.27. The topological polar surface area (TPSA) is 6.48 Å². The first kappa shape index (κ1) is 14.8. The van der Waals surface area contributed by atoms with E-state index in [1.165, 1.54) is 36.2 Å². The second-order valence-corrected chi connectivity index (χ2v) is 8.74. The first-order valence-corrected chi connectivity index (χ1v) is 10.2. The van der Waals surface area contributed by atoms with Crippen molar-refractivity contribution in [1.82, 2.24) is 4.90 Å². The zero-order valence-corrected chi connectivity index (χ0v) is 15.7. The van der Waals surface area contributed by atoms with Crippen LogP contribution in [-0.2, 0) is 0 Å². The van der Waals surface area contributed by atoms with Crippen molar-refractivity contribution in [2.75, 3.05) is 18.6 Å². The predicted octanol–water partition coefficient (Wildman–Crippen LogP) is 4.76. The Hall–Kier alpha value is -2.48. The summed E-state index contributed by atoms with van der Waals surface area (Å²) in [5, 5.41) is 2.84. The van der Waals surface area contributed by atoms with Crippen molar-refractivity contribution < 1.29 is 0 Å². The number of hydrogen-bond donors (Lipinski definition) is 0. The van der Waals surface area contributed by atoms with Crippen LogP contribution in [0.25, 0.3) is 25.0 Å². The molecule has 25 heavy (non-hydrogen) atoms. The maximum atomic E-state index is 2.40. The molecule has 4 aromatic rings. The molecular formula is C22H18N2Se. The van der Waals surface area contributed by atoms with Crippen LogP contribution in [-0.4, -0.2) is 33.1 Å². The summed E-state index contributed by atoms with van der Waals surface area (Å²) in [7, 11) is 2.17.